The minimum atomic E-state index is -1.33. The van der Waals surface area contributed by atoms with E-state index in [2.05, 4.69) is 15.9 Å². The summed E-state index contributed by atoms with van der Waals surface area (Å²) in [5, 5.41) is 14.3. The second-order valence-electron chi connectivity index (χ2n) is 1.25. The summed E-state index contributed by atoms with van der Waals surface area (Å²) in [5.74, 6) is 0. The standard InChI is InChI=1S/C4H4N2.CH3NO2/c1-2-4-6-5-3-1;2-1(3)4/h1-4H;2H2,(H,3,4). The number of nitrogens with two attached hydrogens (primary N) is 1. The average Bonchev–Trinajstić information content (AvgIpc) is 1.90. The van der Waals surface area contributed by atoms with Gasteiger partial charge in [0.05, 0.1) is 0 Å². The molecular formula is C5H7N3O2. The number of aromatic nitrogens is 2. The van der Waals surface area contributed by atoms with E-state index in [1.165, 1.54) is 0 Å². The molecule has 0 atom stereocenters. The number of amides is 1. The highest BCUT2D eigenvalue weighted by molar-refractivity contribution is 5.61. The van der Waals surface area contributed by atoms with E-state index >= 15 is 0 Å². The molecule has 0 spiro atoms. The van der Waals surface area contributed by atoms with Crippen molar-refractivity contribution >= 4 is 6.09 Å². The normalized spacial score (nSPS) is 7.20. The maximum atomic E-state index is 8.78. The molecule has 0 bridgehead atoms. The molecule has 0 saturated carbocycles. The highest BCUT2D eigenvalue weighted by atomic mass is 16.4. The first kappa shape index (κ1) is 8.35. The van der Waals surface area contributed by atoms with Crippen LogP contribution in [-0.4, -0.2) is 21.4 Å². The van der Waals surface area contributed by atoms with Gasteiger partial charge in [-0.2, -0.15) is 10.2 Å². The lowest BCUT2D eigenvalue weighted by molar-refractivity contribution is 0.205. The number of primary amides is 1. The Hall–Kier alpha value is -1.65. The van der Waals surface area contributed by atoms with Crippen LogP contribution in [0, 0.1) is 0 Å². The van der Waals surface area contributed by atoms with E-state index in [4.69, 9.17) is 9.90 Å². The summed E-state index contributed by atoms with van der Waals surface area (Å²) in [6, 6.07) is 3.65. The van der Waals surface area contributed by atoms with Crippen LogP contribution in [0.5, 0.6) is 0 Å². The van der Waals surface area contributed by atoms with E-state index in [1.807, 2.05) is 12.1 Å². The molecule has 0 aliphatic carbocycles. The quantitative estimate of drug-likeness (QED) is 0.536. The van der Waals surface area contributed by atoms with Crippen LogP contribution in [0.2, 0.25) is 0 Å². The van der Waals surface area contributed by atoms with Crippen molar-refractivity contribution in [1.29, 1.82) is 0 Å². The first-order valence-corrected chi connectivity index (χ1v) is 2.43. The lowest BCUT2D eigenvalue weighted by Crippen LogP contribution is -2.03. The predicted octanol–water partition coefficient (Wildman–Crippen LogP) is 0.0997. The Kier molecular flexibility index (Phi) is 4.58. The predicted molar refractivity (Wildman–Crippen MR) is 34.2 cm³/mol. The van der Waals surface area contributed by atoms with Crippen molar-refractivity contribution in [2.24, 2.45) is 5.73 Å². The molecular weight excluding hydrogens is 134 g/mol. The maximum absolute atomic E-state index is 8.78. The van der Waals surface area contributed by atoms with E-state index in [0.717, 1.165) is 0 Å². The summed E-state index contributed by atoms with van der Waals surface area (Å²) in [6.45, 7) is 0. The molecule has 1 aromatic heterocycles. The van der Waals surface area contributed by atoms with Crippen LogP contribution in [0.1, 0.15) is 0 Å². The van der Waals surface area contributed by atoms with Crippen LogP contribution < -0.4 is 5.73 Å². The van der Waals surface area contributed by atoms with Crippen LogP contribution in [0.15, 0.2) is 24.5 Å². The van der Waals surface area contributed by atoms with Crippen molar-refractivity contribution in [2.45, 2.75) is 0 Å². The molecule has 0 radical (unpaired) electrons. The van der Waals surface area contributed by atoms with Crippen molar-refractivity contribution in [3.8, 4) is 0 Å². The average molecular weight is 141 g/mol. The van der Waals surface area contributed by atoms with Gasteiger partial charge in [-0.1, -0.05) is 0 Å². The van der Waals surface area contributed by atoms with Gasteiger partial charge in [0, 0.05) is 12.4 Å². The molecule has 0 fully saturated rings. The highest BCUT2D eigenvalue weighted by Crippen LogP contribution is 1.68. The van der Waals surface area contributed by atoms with Crippen molar-refractivity contribution in [1.82, 2.24) is 10.2 Å². The Bertz CT molecular complexity index is 147. The van der Waals surface area contributed by atoms with Crippen LogP contribution in [-0.2, 0) is 0 Å². The van der Waals surface area contributed by atoms with E-state index in [-0.39, 0.29) is 0 Å². The van der Waals surface area contributed by atoms with E-state index in [0.29, 0.717) is 0 Å². The first-order chi connectivity index (χ1) is 4.73. The molecule has 1 amide bonds. The van der Waals surface area contributed by atoms with Crippen LogP contribution in [0.3, 0.4) is 0 Å². The fourth-order valence-electron chi connectivity index (χ4n) is 0.253. The van der Waals surface area contributed by atoms with E-state index in [1.54, 1.807) is 12.4 Å². The third kappa shape index (κ3) is 9.61. The highest BCUT2D eigenvalue weighted by Gasteiger charge is 1.65. The SMILES string of the molecule is NC(=O)O.c1ccnnc1. The molecule has 0 saturated heterocycles. The molecule has 0 aliphatic heterocycles. The van der Waals surface area contributed by atoms with Gasteiger partial charge >= 0.3 is 6.09 Å². The Morgan fingerprint density at radius 3 is 1.70 bits per heavy atom. The van der Waals surface area contributed by atoms with Crippen molar-refractivity contribution in [2.75, 3.05) is 0 Å². The van der Waals surface area contributed by atoms with Gasteiger partial charge < -0.3 is 10.8 Å². The molecule has 54 valence electrons. The molecule has 0 unspecified atom stereocenters. The molecule has 10 heavy (non-hydrogen) atoms. The van der Waals surface area contributed by atoms with Crippen molar-refractivity contribution in [3.63, 3.8) is 0 Å². The van der Waals surface area contributed by atoms with Gasteiger partial charge in [-0.3, -0.25) is 0 Å². The number of hydrogen-bond donors (Lipinski definition) is 2. The molecule has 1 rings (SSSR count). The smallest absolute Gasteiger partial charge is 0.402 e. The number of rotatable bonds is 0. The molecule has 0 aliphatic rings. The van der Waals surface area contributed by atoms with Gasteiger partial charge in [-0.15, -0.1) is 0 Å². The molecule has 5 heteroatoms. The van der Waals surface area contributed by atoms with Gasteiger partial charge in [-0.05, 0) is 12.1 Å². The molecule has 0 aromatic carbocycles. The van der Waals surface area contributed by atoms with Gasteiger partial charge in [0.25, 0.3) is 0 Å². The summed E-state index contributed by atoms with van der Waals surface area (Å²) < 4.78 is 0. The van der Waals surface area contributed by atoms with Gasteiger partial charge in [0.1, 0.15) is 0 Å². The van der Waals surface area contributed by atoms with Gasteiger partial charge in [0.2, 0.25) is 0 Å². The lowest BCUT2D eigenvalue weighted by atomic mass is 10.6. The summed E-state index contributed by atoms with van der Waals surface area (Å²) in [7, 11) is 0. The summed E-state index contributed by atoms with van der Waals surface area (Å²) in [5.41, 5.74) is 4.03. The van der Waals surface area contributed by atoms with E-state index in [9.17, 15) is 0 Å². The molecule has 1 aromatic rings. The fraction of sp³-hybridized carbons (Fsp3) is 0. The zero-order chi connectivity index (χ0) is 7.82. The zero-order valence-electron chi connectivity index (χ0n) is 5.14. The molecule has 3 N–H and O–H groups in total. The largest absolute Gasteiger partial charge is 0.465 e. The van der Waals surface area contributed by atoms with Crippen LogP contribution >= 0.6 is 0 Å². The van der Waals surface area contributed by atoms with Crippen LogP contribution in [0.4, 0.5) is 4.79 Å². The van der Waals surface area contributed by atoms with Crippen molar-refractivity contribution in [3.05, 3.63) is 24.5 Å². The molecule has 1 heterocycles. The number of carboxylic acid groups (broad SMARTS) is 1. The summed E-state index contributed by atoms with van der Waals surface area (Å²) in [6.07, 6.45) is 1.94. The van der Waals surface area contributed by atoms with Gasteiger partial charge in [-0.25, -0.2) is 4.79 Å². The minimum absolute atomic E-state index is 1.33. The third-order valence-corrected chi connectivity index (χ3v) is 0.483. The monoisotopic (exact) mass is 141 g/mol. The second kappa shape index (κ2) is 5.49. The third-order valence-electron chi connectivity index (χ3n) is 0.483. The Morgan fingerprint density at radius 1 is 1.30 bits per heavy atom. The zero-order valence-corrected chi connectivity index (χ0v) is 5.14. The van der Waals surface area contributed by atoms with E-state index < -0.39 is 6.09 Å². The first-order valence-electron chi connectivity index (χ1n) is 2.43. The van der Waals surface area contributed by atoms with Crippen molar-refractivity contribution < 1.29 is 9.90 Å². The Balaban J connectivity index is 0.000000180. The Labute approximate surface area is 57.5 Å². The summed E-state index contributed by atoms with van der Waals surface area (Å²) >= 11 is 0. The number of nitrogens with zero attached hydrogens (tertiary/aromatic N) is 2. The number of hydrogen-bond acceptors (Lipinski definition) is 3. The molecule has 5 nitrogen and oxygen atoms in total. The second-order valence-corrected chi connectivity index (χ2v) is 1.25. The minimum Gasteiger partial charge on any atom is -0.465 e. The van der Waals surface area contributed by atoms with Gasteiger partial charge in [0.15, 0.2) is 0 Å². The van der Waals surface area contributed by atoms with Crippen LogP contribution in [0.25, 0.3) is 0 Å². The summed E-state index contributed by atoms with van der Waals surface area (Å²) in [4.78, 5) is 8.78. The topological polar surface area (TPSA) is 89.1 Å². The Morgan fingerprint density at radius 2 is 1.60 bits per heavy atom. The maximum Gasteiger partial charge on any atom is 0.402 e. The number of carbonyl (C=O) groups is 1. The lowest BCUT2D eigenvalue weighted by Gasteiger charge is -1.69. The fourth-order valence-corrected chi connectivity index (χ4v) is 0.253.